The van der Waals surface area contributed by atoms with E-state index in [1.54, 1.807) is 30.3 Å². The number of aromatic nitrogens is 1. The molecule has 0 aliphatic carbocycles. The van der Waals surface area contributed by atoms with Gasteiger partial charge >= 0.3 is 12.3 Å². The van der Waals surface area contributed by atoms with Gasteiger partial charge in [0.15, 0.2) is 11.5 Å². The van der Waals surface area contributed by atoms with Gasteiger partial charge in [-0.1, -0.05) is 36.5 Å². The molecule has 7 nitrogen and oxygen atoms in total. The summed E-state index contributed by atoms with van der Waals surface area (Å²) in [4.78, 5) is 29.8. The first kappa shape index (κ1) is 23.1. The van der Waals surface area contributed by atoms with E-state index < -0.39 is 12.3 Å². The minimum Gasteiger partial charge on any atom is -0.481 e. The Morgan fingerprint density at radius 1 is 1.18 bits per heavy atom. The van der Waals surface area contributed by atoms with Crippen LogP contribution in [0.2, 0.25) is 0 Å². The Bertz CT molecular complexity index is 1160. The zero-order valence-electron chi connectivity index (χ0n) is 17.1. The Hall–Kier alpha value is -3.05. The van der Waals surface area contributed by atoms with E-state index >= 15 is 0 Å². The number of alkyl halides is 2. The number of carbonyl (C=O) groups is 2. The molecule has 1 N–H and O–H groups in total. The van der Waals surface area contributed by atoms with Gasteiger partial charge in [-0.3, -0.25) is 14.5 Å². The van der Waals surface area contributed by atoms with Gasteiger partial charge in [0.05, 0.1) is 16.3 Å². The van der Waals surface area contributed by atoms with Crippen molar-refractivity contribution in [3.8, 4) is 22.8 Å². The van der Waals surface area contributed by atoms with Crippen molar-refractivity contribution in [3.05, 3.63) is 47.0 Å². The molecule has 33 heavy (non-hydrogen) atoms. The smallest absolute Gasteiger partial charge is 0.481 e. The van der Waals surface area contributed by atoms with Crippen molar-refractivity contribution in [1.82, 2.24) is 9.88 Å². The normalized spacial score (nSPS) is 17.8. The minimum atomic E-state index is -3.69. The summed E-state index contributed by atoms with van der Waals surface area (Å²) >= 11 is 6.50. The van der Waals surface area contributed by atoms with E-state index in [0.717, 1.165) is 0 Å². The van der Waals surface area contributed by atoms with Crippen LogP contribution in [0.4, 0.5) is 8.78 Å². The van der Waals surface area contributed by atoms with Crippen LogP contribution in [0.1, 0.15) is 31.4 Å². The monoisotopic (exact) mass is 492 g/mol. The van der Waals surface area contributed by atoms with E-state index in [9.17, 15) is 18.4 Å². The predicted molar refractivity (Wildman–Crippen MR) is 122 cm³/mol. The van der Waals surface area contributed by atoms with Gasteiger partial charge in [0.25, 0.3) is 5.91 Å². The van der Waals surface area contributed by atoms with Crippen LogP contribution in [-0.4, -0.2) is 44.0 Å². The van der Waals surface area contributed by atoms with E-state index in [1.165, 1.54) is 28.8 Å². The number of ether oxygens (including phenoxy) is 2. The number of fused-ring (bicyclic) bond motifs is 1. The van der Waals surface area contributed by atoms with Crippen molar-refractivity contribution in [3.63, 3.8) is 0 Å². The topological polar surface area (TPSA) is 89.0 Å². The van der Waals surface area contributed by atoms with Crippen molar-refractivity contribution >= 4 is 46.3 Å². The van der Waals surface area contributed by atoms with Crippen LogP contribution in [-0.2, 0) is 9.59 Å². The van der Waals surface area contributed by atoms with Crippen LogP contribution in [0.5, 0.6) is 11.5 Å². The third-order valence-electron chi connectivity index (χ3n) is 4.89. The Kier molecular flexibility index (Phi) is 6.61. The van der Waals surface area contributed by atoms with Crippen LogP contribution >= 0.6 is 24.0 Å². The number of benzene rings is 1. The number of nitrogens with zero attached hydrogens (tertiary/aromatic N) is 2. The quantitative estimate of drug-likeness (QED) is 0.316. The molecule has 0 saturated carbocycles. The van der Waals surface area contributed by atoms with Crippen molar-refractivity contribution in [2.24, 2.45) is 0 Å². The van der Waals surface area contributed by atoms with E-state index in [-0.39, 0.29) is 23.8 Å². The largest absolute Gasteiger partial charge is 0.586 e. The van der Waals surface area contributed by atoms with E-state index in [4.69, 9.17) is 17.3 Å². The molecular weight excluding hydrogens is 474 g/mol. The second-order valence-electron chi connectivity index (χ2n) is 7.31. The number of carbonyl (C=O) groups excluding carboxylic acids is 1. The first-order chi connectivity index (χ1) is 15.7. The highest BCUT2D eigenvalue weighted by molar-refractivity contribution is 8.26. The molecule has 0 unspecified atom stereocenters. The summed E-state index contributed by atoms with van der Waals surface area (Å²) in [7, 11) is 0. The number of amides is 1. The number of thiocarbonyl (C=S) groups is 1. The zero-order valence-corrected chi connectivity index (χ0v) is 18.8. The molecule has 2 aromatic rings. The van der Waals surface area contributed by atoms with Crippen LogP contribution < -0.4 is 9.47 Å². The maximum Gasteiger partial charge on any atom is 0.586 e. The molecule has 0 bridgehead atoms. The number of halogens is 2. The zero-order chi connectivity index (χ0) is 23.6. The molecule has 11 heteroatoms. The highest BCUT2D eigenvalue weighted by Gasteiger charge is 2.43. The van der Waals surface area contributed by atoms with Crippen molar-refractivity contribution in [1.29, 1.82) is 0 Å². The highest BCUT2D eigenvalue weighted by Crippen LogP contribution is 2.42. The molecule has 3 heterocycles. The standard InChI is InChI=1S/C22H18F2N2O5S2/c23-22(24)30-16-9-8-13(11-17(16)31-22)15-6-4-5-14(25-15)12-18-20(29)26(21(32)33-18)10-3-1-2-7-19(27)28/h4-6,8-9,11-12H,1-3,7,10H2,(H,27,28)/b18-12-. The molecule has 1 aromatic carbocycles. The number of carboxylic acids is 1. The third kappa shape index (κ3) is 5.48. The third-order valence-corrected chi connectivity index (χ3v) is 6.27. The molecule has 1 fully saturated rings. The van der Waals surface area contributed by atoms with Crippen molar-refractivity contribution in [2.45, 2.75) is 32.0 Å². The number of hydrogen-bond donors (Lipinski definition) is 1. The predicted octanol–water partition coefficient (Wildman–Crippen LogP) is 4.92. The van der Waals surface area contributed by atoms with E-state index in [2.05, 4.69) is 14.5 Å². The lowest BCUT2D eigenvalue weighted by atomic mass is 10.1. The van der Waals surface area contributed by atoms with Gasteiger partial charge in [0, 0.05) is 18.5 Å². The van der Waals surface area contributed by atoms with Gasteiger partial charge < -0.3 is 14.6 Å². The lowest BCUT2D eigenvalue weighted by molar-refractivity contribution is -0.286. The summed E-state index contributed by atoms with van der Waals surface area (Å²) in [5.74, 6) is -1.18. The highest BCUT2D eigenvalue weighted by atomic mass is 32.2. The molecule has 172 valence electrons. The number of rotatable bonds is 8. The van der Waals surface area contributed by atoms with E-state index in [0.29, 0.717) is 52.0 Å². The maximum atomic E-state index is 13.3. The maximum absolute atomic E-state index is 13.3. The Morgan fingerprint density at radius 2 is 1.97 bits per heavy atom. The van der Waals surface area contributed by atoms with Gasteiger partial charge in [-0.2, -0.15) is 0 Å². The van der Waals surface area contributed by atoms with Gasteiger partial charge in [0.2, 0.25) is 0 Å². The SMILES string of the molecule is O=C(O)CCCCCN1C(=O)/C(=C/c2cccc(-c3ccc4c(c3)OC(F)(F)O4)n2)SC1=S. The van der Waals surface area contributed by atoms with Crippen LogP contribution in [0.15, 0.2) is 41.3 Å². The molecule has 0 radical (unpaired) electrons. The summed E-state index contributed by atoms with van der Waals surface area (Å²) in [5, 5.41) is 8.69. The summed E-state index contributed by atoms with van der Waals surface area (Å²) in [6.07, 6.45) is -0.0622. The molecule has 2 aliphatic heterocycles. The lowest BCUT2D eigenvalue weighted by Crippen LogP contribution is -2.29. The average Bonchev–Trinajstić information content (AvgIpc) is 3.21. The van der Waals surface area contributed by atoms with E-state index in [1.807, 2.05) is 0 Å². The Labute approximate surface area is 197 Å². The number of thioether (sulfide) groups is 1. The number of aliphatic carboxylic acids is 1. The fraction of sp³-hybridized carbons (Fsp3) is 0.273. The first-order valence-electron chi connectivity index (χ1n) is 10.1. The van der Waals surface area contributed by atoms with Gasteiger partial charge in [-0.15, -0.1) is 8.78 Å². The van der Waals surface area contributed by atoms with Gasteiger partial charge in [-0.05, 0) is 49.2 Å². The summed E-state index contributed by atoms with van der Waals surface area (Å²) in [6.45, 7) is 0.428. The Balaban J connectivity index is 1.45. The second kappa shape index (κ2) is 9.44. The number of hydrogen-bond acceptors (Lipinski definition) is 7. The molecule has 1 aromatic heterocycles. The van der Waals surface area contributed by atoms with Crippen molar-refractivity contribution in [2.75, 3.05) is 6.54 Å². The molecular formula is C22H18F2N2O5S2. The molecule has 4 rings (SSSR count). The number of unbranched alkanes of at least 4 members (excludes halogenated alkanes) is 2. The van der Waals surface area contributed by atoms with Crippen LogP contribution in [0.3, 0.4) is 0 Å². The fourth-order valence-electron chi connectivity index (χ4n) is 3.35. The van der Waals surface area contributed by atoms with Crippen molar-refractivity contribution < 1.29 is 33.0 Å². The van der Waals surface area contributed by atoms with Crippen LogP contribution in [0, 0.1) is 0 Å². The fourth-order valence-corrected chi connectivity index (χ4v) is 4.64. The lowest BCUT2D eigenvalue weighted by Gasteiger charge is -2.13. The molecule has 1 saturated heterocycles. The van der Waals surface area contributed by atoms with Crippen LogP contribution in [0.25, 0.3) is 17.3 Å². The van der Waals surface area contributed by atoms with Gasteiger partial charge in [0.1, 0.15) is 4.32 Å². The van der Waals surface area contributed by atoms with Gasteiger partial charge in [-0.25, -0.2) is 4.98 Å². The number of carboxylic acid groups (broad SMARTS) is 1. The molecule has 0 spiro atoms. The minimum absolute atomic E-state index is 0.0495. The average molecular weight is 493 g/mol. The summed E-state index contributed by atoms with van der Waals surface area (Å²) < 4.78 is 35.9. The Morgan fingerprint density at radius 3 is 2.76 bits per heavy atom. The first-order valence-corrected chi connectivity index (χ1v) is 11.3. The molecule has 2 aliphatic rings. The molecule has 1 amide bonds. The number of pyridine rings is 1. The molecule has 0 atom stereocenters. The summed E-state index contributed by atoms with van der Waals surface area (Å²) in [5.41, 5.74) is 1.58. The summed E-state index contributed by atoms with van der Waals surface area (Å²) in [6, 6.07) is 9.60. The second-order valence-corrected chi connectivity index (χ2v) is 8.99.